The van der Waals surface area contributed by atoms with Gasteiger partial charge >= 0.3 is 5.69 Å². The molecule has 3 aromatic heterocycles. The average Bonchev–Trinajstić information content (AvgIpc) is 3.43. The lowest BCUT2D eigenvalue weighted by molar-refractivity contribution is 0.0697. The van der Waals surface area contributed by atoms with E-state index in [4.69, 9.17) is 21.3 Å². The molecule has 12 nitrogen and oxygen atoms in total. The molecule has 2 saturated heterocycles. The van der Waals surface area contributed by atoms with E-state index in [2.05, 4.69) is 14.8 Å². The molecule has 1 aromatic carbocycles. The van der Waals surface area contributed by atoms with Crippen molar-refractivity contribution in [1.82, 2.24) is 29.1 Å². The smallest absolute Gasteiger partial charge is 0.328 e. The van der Waals surface area contributed by atoms with Crippen LogP contribution >= 0.6 is 0 Å². The van der Waals surface area contributed by atoms with Crippen LogP contribution in [0.15, 0.2) is 29.3 Å². The monoisotopic (exact) mass is 494 g/mol. The van der Waals surface area contributed by atoms with Gasteiger partial charge < -0.3 is 14.6 Å². The molecule has 180 valence electrons. The number of aromatic nitrogens is 6. The molecule has 6 rings (SSSR count). The first kappa shape index (κ1) is 21.8. The number of imidazole rings is 2. The third kappa shape index (κ3) is 3.75. The van der Waals surface area contributed by atoms with Gasteiger partial charge in [-0.15, -0.1) is 0 Å². The van der Waals surface area contributed by atoms with E-state index in [-0.39, 0.29) is 36.3 Å². The zero-order valence-electron chi connectivity index (χ0n) is 18.7. The fraction of sp³-hybridized carbons (Fsp3) is 0.409. The molecule has 0 amide bonds. The highest BCUT2D eigenvalue weighted by molar-refractivity contribution is 7.91. The van der Waals surface area contributed by atoms with E-state index in [9.17, 15) is 13.2 Å². The number of nitrogens with zero attached hydrogens (tertiary/aromatic N) is 7. The second-order valence-corrected chi connectivity index (χ2v) is 11.0. The number of rotatable bonds is 3. The van der Waals surface area contributed by atoms with Crippen molar-refractivity contribution in [3.8, 4) is 5.95 Å². The number of sulfone groups is 1. The Kier molecular flexibility index (Phi) is 5.08. The molecule has 0 spiro atoms. The summed E-state index contributed by atoms with van der Waals surface area (Å²) in [5.41, 5.74) is 2.47. The summed E-state index contributed by atoms with van der Waals surface area (Å²) in [6.07, 6.45) is 2.96. The fourth-order valence-electron chi connectivity index (χ4n) is 4.74. The first-order valence-electron chi connectivity index (χ1n) is 11.3. The van der Waals surface area contributed by atoms with E-state index in [1.165, 1.54) is 0 Å². The molecule has 0 unspecified atom stereocenters. The third-order valence-corrected chi connectivity index (χ3v) is 8.22. The van der Waals surface area contributed by atoms with Crippen LogP contribution < -0.4 is 10.6 Å². The molecule has 0 bridgehead atoms. The van der Waals surface area contributed by atoms with Gasteiger partial charge in [-0.1, -0.05) is 6.07 Å². The van der Waals surface area contributed by atoms with Crippen molar-refractivity contribution in [3.63, 3.8) is 0 Å². The summed E-state index contributed by atoms with van der Waals surface area (Å²) in [6.45, 7) is 9.01. The summed E-state index contributed by atoms with van der Waals surface area (Å²) >= 11 is 0. The molecule has 2 aliphatic heterocycles. The molecule has 5 heterocycles. The quantitative estimate of drug-likeness (QED) is 0.425. The minimum Gasteiger partial charge on any atom is -0.381 e. The molecular weight excluding hydrogens is 472 g/mol. The largest absolute Gasteiger partial charge is 0.381 e. The number of aromatic amines is 1. The van der Waals surface area contributed by atoms with Crippen LogP contribution in [0.2, 0.25) is 0 Å². The van der Waals surface area contributed by atoms with Crippen LogP contribution in [-0.2, 0) is 14.6 Å². The Bertz CT molecular complexity index is 1640. The number of nitrogens with one attached hydrogen (secondary N) is 1. The Labute approximate surface area is 199 Å². The molecule has 0 aliphatic carbocycles. The van der Waals surface area contributed by atoms with Crippen LogP contribution in [0.1, 0.15) is 18.9 Å². The van der Waals surface area contributed by atoms with Gasteiger partial charge in [-0.3, -0.25) is 9.13 Å². The third-order valence-electron chi connectivity index (χ3n) is 6.61. The lowest BCUT2D eigenvalue weighted by Gasteiger charge is -2.28. The summed E-state index contributed by atoms with van der Waals surface area (Å²) < 4.78 is 32.9. The maximum Gasteiger partial charge on any atom is 0.328 e. The summed E-state index contributed by atoms with van der Waals surface area (Å²) in [5, 5.41) is 0. The molecule has 0 saturated carbocycles. The van der Waals surface area contributed by atoms with Gasteiger partial charge in [-0.25, -0.2) is 23.0 Å². The molecular formula is C22H22N8O4S. The van der Waals surface area contributed by atoms with Crippen LogP contribution in [-0.4, -0.2) is 75.3 Å². The van der Waals surface area contributed by atoms with Crippen molar-refractivity contribution in [2.45, 2.75) is 18.9 Å². The number of hydrogen-bond acceptors (Lipinski definition) is 8. The van der Waals surface area contributed by atoms with E-state index in [1.54, 1.807) is 33.7 Å². The van der Waals surface area contributed by atoms with Crippen molar-refractivity contribution < 1.29 is 13.2 Å². The summed E-state index contributed by atoms with van der Waals surface area (Å²) in [6, 6.07) is 5.11. The van der Waals surface area contributed by atoms with Gasteiger partial charge in [-0.05, 0) is 25.0 Å². The normalized spacial score (nSPS) is 18.8. The minimum atomic E-state index is -3.11. The van der Waals surface area contributed by atoms with Crippen molar-refractivity contribution in [2.75, 3.05) is 42.7 Å². The Morgan fingerprint density at radius 1 is 1.14 bits per heavy atom. The Balaban J connectivity index is 1.58. The van der Waals surface area contributed by atoms with E-state index in [1.807, 2.05) is 4.90 Å². The van der Waals surface area contributed by atoms with Crippen LogP contribution in [0.5, 0.6) is 0 Å². The van der Waals surface area contributed by atoms with Gasteiger partial charge in [0, 0.05) is 32.3 Å². The van der Waals surface area contributed by atoms with Gasteiger partial charge in [0.25, 0.3) is 0 Å². The molecule has 1 N–H and O–H groups in total. The van der Waals surface area contributed by atoms with Gasteiger partial charge in [0.15, 0.2) is 27.0 Å². The maximum atomic E-state index is 13.1. The zero-order chi connectivity index (χ0) is 24.2. The molecule has 4 aromatic rings. The van der Waals surface area contributed by atoms with E-state index in [0.717, 1.165) is 0 Å². The second-order valence-electron chi connectivity index (χ2n) is 8.73. The van der Waals surface area contributed by atoms with E-state index < -0.39 is 9.84 Å². The lowest BCUT2D eigenvalue weighted by atomic mass is 10.1. The number of ether oxygens (including phenoxy) is 1. The predicted molar refractivity (Wildman–Crippen MR) is 129 cm³/mol. The average molecular weight is 495 g/mol. The maximum absolute atomic E-state index is 13.1. The van der Waals surface area contributed by atoms with Crippen molar-refractivity contribution in [2.24, 2.45) is 0 Å². The topological polar surface area (TPSA) is 132 Å². The van der Waals surface area contributed by atoms with Crippen LogP contribution in [0.4, 0.5) is 11.5 Å². The van der Waals surface area contributed by atoms with Crippen molar-refractivity contribution >= 4 is 43.5 Å². The van der Waals surface area contributed by atoms with E-state index in [0.29, 0.717) is 65.7 Å². The molecule has 35 heavy (non-hydrogen) atoms. The van der Waals surface area contributed by atoms with Gasteiger partial charge in [0.1, 0.15) is 11.8 Å². The Hall–Kier alpha value is -3.76. The van der Waals surface area contributed by atoms with Crippen molar-refractivity contribution in [1.29, 1.82) is 0 Å². The molecule has 2 fully saturated rings. The van der Waals surface area contributed by atoms with E-state index >= 15 is 0 Å². The highest BCUT2D eigenvalue weighted by atomic mass is 32.2. The Morgan fingerprint density at radius 2 is 1.91 bits per heavy atom. The lowest BCUT2D eigenvalue weighted by Crippen LogP contribution is -2.41. The first-order valence-corrected chi connectivity index (χ1v) is 13.2. The number of fused-ring (bicyclic) bond motifs is 2. The van der Waals surface area contributed by atoms with Gasteiger partial charge in [0.2, 0.25) is 5.95 Å². The Morgan fingerprint density at radius 3 is 2.66 bits per heavy atom. The standard InChI is InChI=1S/C22H22N8O4S/c1-23-14-2-3-16-17(12-14)29(13-24-16)21-26-19(28-6-10-35(32,33)11-7-28)18-20(27-21)30(22(31)25-18)15-4-8-34-9-5-15/h2-3,12-13,15H,4-11H2,(H,25,31). The van der Waals surface area contributed by atoms with Crippen LogP contribution in [0.25, 0.3) is 33.0 Å². The fourth-order valence-corrected chi connectivity index (χ4v) is 5.94. The highest BCUT2D eigenvalue weighted by Gasteiger charge is 2.29. The summed E-state index contributed by atoms with van der Waals surface area (Å²) in [4.78, 5) is 35.4. The summed E-state index contributed by atoms with van der Waals surface area (Å²) in [5.74, 6) is 0.804. The van der Waals surface area contributed by atoms with Crippen LogP contribution in [0, 0.1) is 6.57 Å². The number of H-pyrrole nitrogens is 1. The molecule has 0 radical (unpaired) electrons. The molecule has 2 aliphatic rings. The van der Waals surface area contributed by atoms with Crippen LogP contribution in [0.3, 0.4) is 0 Å². The van der Waals surface area contributed by atoms with Gasteiger partial charge in [-0.2, -0.15) is 9.97 Å². The molecule has 13 heteroatoms. The second kappa shape index (κ2) is 8.17. The number of anilines is 1. The number of benzene rings is 1. The predicted octanol–water partition coefficient (Wildman–Crippen LogP) is 1.60. The number of hydrogen-bond donors (Lipinski definition) is 1. The van der Waals surface area contributed by atoms with Gasteiger partial charge in [0.05, 0.1) is 29.1 Å². The SMILES string of the molecule is [C-]#[N+]c1ccc2ncn(-c3nc(N4CCS(=O)(=O)CC4)c4[nH]c(=O)n(C5CCOCC5)c4n3)c2c1. The van der Waals surface area contributed by atoms with Crippen molar-refractivity contribution in [3.05, 3.63) is 46.4 Å². The summed E-state index contributed by atoms with van der Waals surface area (Å²) in [7, 11) is -3.11. The first-order chi connectivity index (χ1) is 16.9. The minimum absolute atomic E-state index is 0.0150. The highest BCUT2D eigenvalue weighted by Crippen LogP contribution is 2.30. The molecule has 0 atom stereocenters. The zero-order valence-corrected chi connectivity index (χ0v) is 19.5.